The third kappa shape index (κ3) is 6.01. The fraction of sp³-hybridized carbons (Fsp3) is 0.286. The number of aliphatic hydroxyl groups is 1. The van der Waals surface area contributed by atoms with Gasteiger partial charge in [-0.05, 0) is 49.7 Å². The van der Waals surface area contributed by atoms with E-state index in [1.54, 1.807) is 31.2 Å². The zero-order valence-electron chi connectivity index (χ0n) is 16.9. The summed E-state index contributed by atoms with van der Waals surface area (Å²) in [5.74, 6) is -0.818. The van der Waals surface area contributed by atoms with Gasteiger partial charge in [0.25, 0.3) is 5.56 Å². The molecule has 11 heteroatoms. The number of carbonyl (C=O) groups is 1. The van der Waals surface area contributed by atoms with Crippen LogP contribution >= 0.6 is 11.8 Å². The normalized spacial score (nSPS) is 12.5. The number of aliphatic hydroxyl groups excluding tert-OH is 1. The summed E-state index contributed by atoms with van der Waals surface area (Å²) >= 11 is 1.07. The first-order valence-electron chi connectivity index (χ1n) is 9.61. The van der Waals surface area contributed by atoms with Crippen LogP contribution in [-0.4, -0.2) is 38.8 Å². The number of anilines is 1. The van der Waals surface area contributed by atoms with Crippen molar-refractivity contribution in [1.29, 1.82) is 0 Å². The monoisotopic (exact) mass is 467 g/mol. The van der Waals surface area contributed by atoms with E-state index in [2.05, 4.69) is 15.0 Å². The van der Waals surface area contributed by atoms with E-state index in [-0.39, 0.29) is 18.7 Å². The molecule has 0 spiro atoms. The van der Waals surface area contributed by atoms with Gasteiger partial charge in [0, 0.05) is 18.8 Å². The lowest BCUT2D eigenvalue weighted by atomic mass is 10.2. The molecule has 0 aliphatic carbocycles. The zero-order chi connectivity index (χ0) is 23.3. The Kier molecular flexibility index (Phi) is 7.41. The van der Waals surface area contributed by atoms with Crippen molar-refractivity contribution in [3.63, 3.8) is 0 Å². The molecule has 32 heavy (non-hydrogen) atoms. The quantitative estimate of drug-likeness (QED) is 0.387. The van der Waals surface area contributed by atoms with E-state index in [0.29, 0.717) is 28.2 Å². The van der Waals surface area contributed by atoms with Crippen molar-refractivity contribution >= 4 is 34.3 Å². The molecule has 3 rings (SSSR count). The summed E-state index contributed by atoms with van der Waals surface area (Å²) in [6, 6.07) is 11.6. The third-order valence-corrected chi connectivity index (χ3v) is 5.46. The van der Waals surface area contributed by atoms with Gasteiger partial charge in [-0.15, -0.1) is 13.2 Å². The van der Waals surface area contributed by atoms with Crippen LogP contribution in [0.15, 0.2) is 58.5 Å². The molecule has 2 aromatic carbocycles. The minimum Gasteiger partial charge on any atom is -0.406 e. The van der Waals surface area contributed by atoms with Gasteiger partial charge in [0.05, 0.1) is 16.2 Å². The van der Waals surface area contributed by atoms with Gasteiger partial charge in [-0.25, -0.2) is 4.98 Å². The Morgan fingerprint density at radius 1 is 1.22 bits per heavy atom. The van der Waals surface area contributed by atoms with E-state index in [9.17, 15) is 22.8 Å². The molecule has 0 aliphatic rings. The van der Waals surface area contributed by atoms with Crippen molar-refractivity contribution in [1.82, 2.24) is 9.55 Å². The van der Waals surface area contributed by atoms with Crippen molar-refractivity contribution in [3.05, 3.63) is 58.9 Å². The lowest BCUT2D eigenvalue weighted by Gasteiger charge is -2.16. The van der Waals surface area contributed by atoms with Crippen LogP contribution in [0.1, 0.15) is 13.3 Å². The van der Waals surface area contributed by atoms with Crippen molar-refractivity contribution in [2.24, 2.45) is 0 Å². The number of amides is 1. The number of halogens is 3. The topological polar surface area (TPSA) is 93.5 Å². The maximum atomic E-state index is 12.9. The second-order valence-corrected chi connectivity index (χ2v) is 8.07. The van der Waals surface area contributed by atoms with E-state index in [1.165, 1.54) is 16.7 Å². The summed E-state index contributed by atoms with van der Waals surface area (Å²) < 4.78 is 42.0. The molecule has 0 radical (unpaired) electrons. The average molecular weight is 467 g/mol. The van der Waals surface area contributed by atoms with E-state index >= 15 is 0 Å². The maximum Gasteiger partial charge on any atom is 0.573 e. The Labute approximate surface area is 185 Å². The minimum atomic E-state index is -4.80. The number of hydrogen-bond acceptors (Lipinski definition) is 6. The molecule has 1 amide bonds. The molecule has 2 N–H and O–H groups in total. The summed E-state index contributed by atoms with van der Waals surface area (Å²) in [4.78, 5) is 30.0. The van der Waals surface area contributed by atoms with Gasteiger partial charge >= 0.3 is 6.36 Å². The van der Waals surface area contributed by atoms with Crippen LogP contribution < -0.4 is 15.6 Å². The van der Waals surface area contributed by atoms with Crippen molar-refractivity contribution < 1.29 is 27.8 Å². The third-order valence-electron chi connectivity index (χ3n) is 4.37. The molecule has 1 aromatic heterocycles. The molecule has 170 valence electrons. The van der Waals surface area contributed by atoms with Crippen LogP contribution in [0.3, 0.4) is 0 Å². The number of para-hydroxylation sites is 1. The van der Waals surface area contributed by atoms with Crippen molar-refractivity contribution in [2.75, 3.05) is 11.9 Å². The smallest absolute Gasteiger partial charge is 0.406 e. The van der Waals surface area contributed by atoms with Crippen LogP contribution in [0.2, 0.25) is 0 Å². The van der Waals surface area contributed by atoms with Gasteiger partial charge in [-0.3, -0.25) is 14.2 Å². The van der Waals surface area contributed by atoms with Gasteiger partial charge in [0.2, 0.25) is 5.91 Å². The van der Waals surface area contributed by atoms with Gasteiger partial charge in [-0.2, -0.15) is 0 Å². The van der Waals surface area contributed by atoms with Gasteiger partial charge in [0.1, 0.15) is 5.75 Å². The molecule has 1 heterocycles. The van der Waals surface area contributed by atoms with Crippen molar-refractivity contribution in [3.8, 4) is 5.75 Å². The molecule has 0 bridgehead atoms. The molecule has 0 saturated carbocycles. The lowest BCUT2D eigenvalue weighted by Crippen LogP contribution is -2.27. The number of hydrogen-bond donors (Lipinski definition) is 2. The SMILES string of the molecule is C[C@H](Sc1nc2ccccc2c(=O)n1CCCO)C(=O)Nc1ccc(OC(F)(F)F)cc1. The van der Waals surface area contributed by atoms with Crippen LogP contribution in [0, 0.1) is 0 Å². The van der Waals surface area contributed by atoms with E-state index in [1.807, 2.05) is 0 Å². The maximum absolute atomic E-state index is 12.9. The number of nitrogens with one attached hydrogen (secondary N) is 1. The fourth-order valence-corrected chi connectivity index (χ4v) is 3.79. The Morgan fingerprint density at radius 2 is 1.91 bits per heavy atom. The average Bonchev–Trinajstić information content (AvgIpc) is 2.74. The highest BCUT2D eigenvalue weighted by molar-refractivity contribution is 8.00. The first-order chi connectivity index (χ1) is 15.2. The highest BCUT2D eigenvalue weighted by Crippen LogP contribution is 2.26. The molecule has 1 atom stereocenters. The largest absolute Gasteiger partial charge is 0.573 e. The number of carbonyl (C=O) groups excluding carboxylic acids is 1. The van der Waals surface area contributed by atoms with Crippen molar-refractivity contribution in [2.45, 2.75) is 36.7 Å². The van der Waals surface area contributed by atoms with E-state index in [0.717, 1.165) is 23.9 Å². The van der Waals surface area contributed by atoms with E-state index in [4.69, 9.17) is 5.11 Å². The van der Waals surface area contributed by atoms with Crippen LogP contribution in [0.5, 0.6) is 5.75 Å². The number of benzene rings is 2. The van der Waals surface area contributed by atoms with E-state index < -0.39 is 23.3 Å². The summed E-state index contributed by atoms with van der Waals surface area (Å²) in [7, 11) is 0. The summed E-state index contributed by atoms with van der Waals surface area (Å²) in [6.45, 7) is 1.76. The Balaban J connectivity index is 1.76. The molecule has 0 fully saturated rings. The Morgan fingerprint density at radius 3 is 2.56 bits per heavy atom. The number of thioether (sulfide) groups is 1. The number of alkyl halides is 3. The molecule has 0 unspecified atom stereocenters. The molecule has 0 aliphatic heterocycles. The molecule has 0 saturated heterocycles. The lowest BCUT2D eigenvalue weighted by molar-refractivity contribution is -0.274. The Hall–Kier alpha value is -3.05. The number of fused-ring (bicyclic) bond motifs is 1. The van der Waals surface area contributed by atoms with Gasteiger partial charge in [0.15, 0.2) is 5.16 Å². The molecular formula is C21H20F3N3O4S. The zero-order valence-corrected chi connectivity index (χ0v) is 17.7. The predicted octanol–water partition coefficient (Wildman–Crippen LogP) is 3.80. The second kappa shape index (κ2) is 10.0. The highest BCUT2D eigenvalue weighted by Gasteiger charge is 2.31. The number of nitrogens with zero attached hydrogens (tertiary/aromatic N) is 2. The second-order valence-electron chi connectivity index (χ2n) is 6.77. The number of rotatable bonds is 8. The van der Waals surface area contributed by atoms with Crippen LogP contribution in [-0.2, 0) is 11.3 Å². The van der Waals surface area contributed by atoms with Gasteiger partial charge in [-0.1, -0.05) is 23.9 Å². The first-order valence-corrected chi connectivity index (χ1v) is 10.5. The summed E-state index contributed by atoms with van der Waals surface area (Å²) in [6.07, 6.45) is -4.45. The fourth-order valence-electron chi connectivity index (χ4n) is 2.86. The first kappa shape index (κ1) is 23.6. The summed E-state index contributed by atoms with van der Waals surface area (Å²) in [5.41, 5.74) is 0.522. The number of aromatic nitrogens is 2. The van der Waals surface area contributed by atoms with Crippen LogP contribution in [0.25, 0.3) is 10.9 Å². The summed E-state index contributed by atoms with van der Waals surface area (Å²) in [5, 5.41) is 11.9. The minimum absolute atomic E-state index is 0.104. The predicted molar refractivity (Wildman–Crippen MR) is 115 cm³/mol. The highest BCUT2D eigenvalue weighted by atomic mass is 32.2. The van der Waals surface area contributed by atoms with Gasteiger partial charge < -0.3 is 15.2 Å². The molecule has 7 nitrogen and oxygen atoms in total. The molecule has 3 aromatic rings. The standard InChI is InChI=1S/C21H20F3N3O4S/c1-13(18(29)25-14-7-9-15(10-8-14)31-21(22,23)24)32-20-26-17-6-3-2-5-16(17)19(30)27(20)11-4-12-28/h2-3,5-10,13,28H,4,11-12H2,1H3,(H,25,29)/t13-/m0/s1. The molecular weight excluding hydrogens is 447 g/mol. The number of ether oxygens (including phenoxy) is 1. The Bertz CT molecular complexity index is 1150. The van der Waals surface area contributed by atoms with Crippen LogP contribution in [0.4, 0.5) is 18.9 Å².